The van der Waals surface area contributed by atoms with Gasteiger partial charge in [0.2, 0.25) is 29.3 Å². The van der Waals surface area contributed by atoms with E-state index in [9.17, 15) is 101 Å². The van der Waals surface area contributed by atoms with Gasteiger partial charge in [0.05, 0.1) is 50.7 Å². The summed E-state index contributed by atoms with van der Waals surface area (Å²) in [6.45, 7) is -1.68. The van der Waals surface area contributed by atoms with Crippen molar-refractivity contribution in [2.45, 2.75) is 167 Å². The monoisotopic (exact) mass is 963 g/mol. The van der Waals surface area contributed by atoms with Crippen molar-refractivity contribution in [1.82, 2.24) is 16.0 Å². The molecule has 0 radical (unpaired) electrons. The molecule has 0 aromatic rings. The number of carboxylic acid groups (broad SMARTS) is 2. The molecule has 4 aliphatic rings. The Kier molecular flexibility index (Phi) is 19.0. The quantitative estimate of drug-likeness (QED) is 0.0571. The lowest BCUT2D eigenvalue weighted by Gasteiger charge is -2.52. The van der Waals surface area contributed by atoms with E-state index in [0.29, 0.717) is 0 Å². The SMILES string of the molecule is CC(=O)N[C@H]1[C@H]([C@H](O)[C@H](O)CO)O[C@@](OC[C@H]2OC(O)[C@H](NC(C)=O)[C@@H](O[C@@H]3O[C@H](CO)[C@H](O)[C@H](O[C@]4(C(=O)[O-])C[C@H](O)[C@@H](NC(C)=O)[C@H]([C@H](O)[C@H](O)CO)O4)[C@H]3O)[C@H]2O)(C(=O)[O-])C[C@@H]1O. The number of amides is 3. The van der Waals surface area contributed by atoms with Gasteiger partial charge in [-0.05, 0) is 0 Å². The van der Waals surface area contributed by atoms with Crippen LogP contribution in [0, 0.1) is 0 Å². The van der Waals surface area contributed by atoms with Gasteiger partial charge in [0.1, 0.15) is 97.3 Å². The van der Waals surface area contributed by atoms with Crippen LogP contribution >= 0.6 is 0 Å². The van der Waals surface area contributed by atoms with Gasteiger partial charge < -0.3 is 135 Å². The van der Waals surface area contributed by atoms with E-state index in [2.05, 4.69) is 16.0 Å². The van der Waals surface area contributed by atoms with E-state index in [1.165, 1.54) is 0 Å². The highest BCUT2D eigenvalue weighted by molar-refractivity contribution is 5.76. The van der Waals surface area contributed by atoms with Crippen molar-refractivity contribution < 1.29 is 134 Å². The summed E-state index contributed by atoms with van der Waals surface area (Å²) in [5, 5.41) is 170. The third-order valence-corrected chi connectivity index (χ3v) is 11.3. The van der Waals surface area contributed by atoms with Crippen LogP contribution in [0.25, 0.3) is 0 Å². The fourth-order valence-corrected chi connectivity index (χ4v) is 8.03. The third-order valence-electron chi connectivity index (χ3n) is 11.3. The Balaban J connectivity index is 1.66. The molecule has 0 aromatic carbocycles. The minimum atomic E-state index is -3.31. The van der Waals surface area contributed by atoms with Crippen LogP contribution in [0.15, 0.2) is 0 Å². The number of nitrogens with one attached hydrogen (secondary N) is 3. The molecule has 4 heterocycles. The van der Waals surface area contributed by atoms with E-state index in [4.69, 9.17) is 33.2 Å². The zero-order chi connectivity index (χ0) is 49.7. The number of hydrogen-bond acceptors (Lipinski definition) is 27. The fourth-order valence-electron chi connectivity index (χ4n) is 8.03. The van der Waals surface area contributed by atoms with Gasteiger partial charge in [-0.25, -0.2) is 0 Å². The molecule has 4 fully saturated rings. The molecule has 0 saturated carbocycles. The fraction of sp³-hybridized carbons (Fsp3) is 0.861. The highest BCUT2D eigenvalue weighted by Crippen LogP contribution is 2.39. The van der Waals surface area contributed by atoms with Crippen LogP contribution in [0.3, 0.4) is 0 Å². The van der Waals surface area contributed by atoms with Crippen molar-refractivity contribution in [3.63, 3.8) is 0 Å². The average molecular weight is 964 g/mol. The molecule has 0 bridgehead atoms. The second-order valence-electron chi connectivity index (χ2n) is 16.2. The first kappa shape index (κ1) is 55.1. The molecule has 30 nitrogen and oxygen atoms in total. The molecule has 0 aliphatic carbocycles. The Morgan fingerprint density at radius 1 is 0.636 bits per heavy atom. The van der Waals surface area contributed by atoms with Crippen molar-refractivity contribution in [1.29, 1.82) is 0 Å². The average Bonchev–Trinajstić information content (AvgIpc) is 3.24. The maximum absolute atomic E-state index is 12.8. The molecule has 66 heavy (non-hydrogen) atoms. The lowest BCUT2D eigenvalue weighted by atomic mass is 9.88. The second kappa shape index (κ2) is 22.8. The summed E-state index contributed by atoms with van der Waals surface area (Å²) in [6.07, 6.45) is -38.7. The maximum atomic E-state index is 12.8. The van der Waals surface area contributed by atoms with Gasteiger partial charge >= 0.3 is 0 Å². The van der Waals surface area contributed by atoms with Gasteiger partial charge in [0.25, 0.3) is 0 Å². The van der Waals surface area contributed by atoms with E-state index in [-0.39, 0.29) is 0 Å². The number of aliphatic hydroxyl groups excluding tert-OH is 13. The number of carbonyl (C=O) groups excluding carboxylic acids is 5. The Labute approximate surface area is 373 Å². The molecule has 0 spiro atoms. The lowest BCUT2D eigenvalue weighted by Crippen LogP contribution is -2.72. The van der Waals surface area contributed by atoms with Crippen LogP contribution in [0.2, 0.25) is 0 Å². The summed E-state index contributed by atoms with van der Waals surface area (Å²) in [5.74, 6) is -13.5. The van der Waals surface area contributed by atoms with Crippen molar-refractivity contribution in [2.24, 2.45) is 0 Å². The molecular formula is C36H57N3O27-2. The van der Waals surface area contributed by atoms with Crippen molar-refractivity contribution in [2.75, 3.05) is 26.4 Å². The van der Waals surface area contributed by atoms with Gasteiger partial charge in [0, 0.05) is 33.6 Å². The number of carboxylic acids is 2. The number of ether oxygens (including phenoxy) is 7. The second-order valence-corrected chi connectivity index (χ2v) is 16.2. The lowest BCUT2D eigenvalue weighted by molar-refractivity contribution is -0.410. The van der Waals surface area contributed by atoms with Crippen LogP contribution in [0.1, 0.15) is 33.6 Å². The van der Waals surface area contributed by atoms with E-state index >= 15 is 0 Å². The minimum Gasteiger partial charge on any atom is -0.544 e. The number of aliphatic carboxylic acids is 2. The van der Waals surface area contributed by atoms with Gasteiger partial charge in [0.15, 0.2) is 12.6 Å². The normalized spacial score (nSPS) is 41.4. The predicted octanol–water partition coefficient (Wildman–Crippen LogP) is -13.6. The molecular weight excluding hydrogens is 906 g/mol. The van der Waals surface area contributed by atoms with Crippen LogP contribution in [-0.2, 0) is 57.1 Å². The van der Waals surface area contributed by atoms with Crippen LogP contribution < -0.4 is 26.2 Å². The topological polar surface area (TPSA) is 495 Å². The highest BCUT2D eigenvalue weighted by atomic mass is 16.8. The van der Waals surface area contributed by atoms with Crippen molar-refractivity contribution >= 4 is 29.7 Å². The summed E-state index contributed by atoms with van der Waals surface area (Å²) in [5.41, 5.74) is 0. The van der Waals surface area contributed by atoms with E-state index < -0.39 is 203 Å². The molecule has 4 rings (SSSR count). The zero-order valence-corrected chi connectivity index (χ0v) is 35.3. The first-order valence-corrected chi connectivity index (χ1v) is 20.3. The molecule has 16 N–H and O–H groups in total. The van der Waals surface area contributed by atoms with E-state index in [1.807, 2.05) is 0 Å². The number of hydrogen-bond donors (Lipinski definition) is 16. The highest BCUT2D eigenvalue weighted by Gasteiger charge is 2.59. The molecule has 1 unspecified atom stereocenters. The van der Waals surface area contributed by atoms with Crippen molar-refractivity contribution in [3.8, 4) is 0 Å². The Morgan fingerprint density at radius 2 is 1.08 bits per heavy atom. The summed E-state index contributed by atoms with van der Waals surface area (Å²) in [7, 11) is 0. The smallest absolute Gasteiger partial charge is 0.217 e. The summed E-state index contributed by atoms with van der Waals surface area (Å²) < 4.78 is 38.7. The maximum Gasteiger partial charge on any atom is 0.217 e. The summed E-state index contributed by atoms with van der Waals surface area (Å²) in [6, 6.07) is -5.15. The first-order chi connectivity index (χ1) is 30.8. The van der Waals surface area contributed by atoms with Gasteiger partial charge in [-0.15, -0.1) is 0 Å². The Bertz CT molecular complexity index is 1680. The summed E-state index contributed by atoms with van der Waals surface area (Å²) >= 11 is 0. The molecule has 0 aromatic heterocycles. The van der Waals surface area contributed by atoms with E-state index in [0.717, 1.165) is 20.8 Å². The molecule has 4 aliphatic heterocycles. The van der Waals surface area contributed by atoms with Crippen LogP contribution in [0.5, 0.6) is 0 Å². The van der Waals surface area contributed by atoms with E-state index in [1.54, 1.807) is 0 Å². The first-order valence-electron chi connectivity index (χ1n) is 20.3. The number of aliphatic hydroxyl groups is 13. The number of carbonyl (C=O) groups is 5. The zero-order valence-electron chi connectivity index (χ0n) is 35.3. The van der Waals surface area contributed by atoms with Crippen LogP contribution in [-0.4, -0.2) is 256 Å². The third kappa shape index (κ3) is 12.0. The summed E-state index contributed by atoms with van der Waals surface area (Å²) in [4.78, 5) is 61.5. The number of rotatable bonds is 19. The largest absolute Gasteiger partial charge is 0.544 e. The minimum absolute atomic E-state index is 0.808. The molecule has 4 saturated heterocycles. The molecule has 22 atom stereocenters. The Hall–Kier alpha value is -3.45. The van der Waals surface area contributed by atoms with Crippen LogP contribution in [0.4, 0.5) is 0 Å². The van der Waals surface area contributed by atoms with Gasteiger partial charge in [-0.3, -0.25) is 14.4 Å². The van der Waals surface area contributed by atoms with Gasteiger partial charge in [-0.1, -0.05) is 0 Å². The van der Waals surface area contributed by atoms with Gasteiger partial charge in [-0.2, -0.15) is 0 Å². The molecule has 380 valence electrons. The molecule has 3 amide bonds. The standard InChI is InChI=1S/C36H59N3O27/c1-10(43)37-19-13(46)4-35(33(56)57,64-28(19)22(50)15(48)6-40)60-9-18-25(53)27(21(31(55)61-18)39-12(3)45)63-32-26(54)30(24(52)17(8-42)62-32)66-36(34(58)59)5-14(47)20(38-11(2)44)29(65-36)23(51)16(49)7-41/h13-32,40-42,46-55H,4-9H2,1-3H3,(H,37,43)(H,38,44)(H,39,45)(H,56,57)(H,58,59)/p-2/t13-,14-,15+,16+,17+,18+,19+,20+,21+,22+,23+,24-,25-,26+,27+,28+,29+,30-,31?,32-,35+,36-/m0/s1. The van der Waals surface area contributed by atoms with Crippen molar-refractivity contribution in [3.05, 3.63) is 0 Å². The molecule has 30 heteroatoms. The predicted molar refractivity (Wildman–Crippen MR) is 198 cm³/mol. The Morgan fingerprint density at radius 3 is 1.52 bits per heavy atom.